The zero-order valence-electron chi connectivity index (χ0n) is 34.2. The molecule has 1 aliphatic heterocycles. The van der Waals surface area contributed by atoms with E-state index in [9.17, 15) is 19.0 Å². The molecule has 0 saturated carbocycles. The molecule has 0 aliphatic carbocycles. The third-order valence-electron chi connectivity index (χ3n) is 9.10. The van der Waals surface area contributed by atoms with E-state index in [-0.39, 0.29) is 38.3 Å². The van der Waals surface area contributed by atoms with E-state index in [1.165, 1.54) is 70.6 Å². The van der Waals surface area contributed by atoms with Crippen molar-refractivity contribution in [2.24, 2.45) is 0 Å². The van der Waals surface area contributed by atoms with E-state index in [1.807, 2.05) is 21.1 Å². The minimum absolute atomic E-state index is 0.0200. The molecule has 1 rings (SSSR count). The molecule has 1 saturated heterocycles. The molecule has 0 aromatic rings. The maximum atomic E-state index is 12.6. The Kier molecular flexibility index (Phi) is 29.2. The number of epoxide rings is 1. The number of hydrogen-bond donors (Lipinski definition) is 1. The minimum Gasteiger partial charge on any atom is -0.462 e. The SMILES string of the molecule is CCCCC/C=C\C/C=C\C/C=C\CC1OC1CCCC(=O)OC[C@H](COP(=O)(O)OCC[N+](C)(C)C)OC(=O)CCCCCCCCCCCCC. The van der Waals surface area contributed by atoms with E-state index in [4.69, 9.17) is 23.3 Å². The number of phosphoric ester groups is 1. The second-order valence-electron chi connectivity index (χ2n) is 15.4. The first-order valence-electron chi connectivity index (χ1n) is 20.8. The van der Waals surface area contributed by atoms with Gasteiger partial charge in [0.25, 0.3) is 0 Å². The average molecular weight is 771 g/mol. The van der Waals surface area contributed by atoms with E-state index in [1.54, 1.807) is 0 Å². The van der Waals surface area contributed by atoms with Gasteiger partial charge in [0.15, 0.2) is 6.10 Å². The van der Waals surface area contributed by atoms with Crippen LogP contribution in [0.1, 0.15) is 155 Å². The van der Waals surface area contributed by atoms with E-state index in [2.05, 4.69) is 50.3 Å². The predicted octanol–water partition coefficient (Wildman–Crippen LogP) is 10.3. The van der Waals surface area contributed by atoms with E-state index >= 15 is 0 Å². The van der Waals surface area contributed by atoms with Crippen LogP contribution in [0.3, 0.4) is 0 Å². The molecule has 0 aromatic carbocycles. The number of nitrogens with zero attached hydrogens (tertiary/aromatic N) is 1. The number of phosphoric acid groups is 1. The van der Waals surface area contributed by atoms with Crippen LogP contribution in [-0.4, -0.2) is 87.1 Å². The highest BCUT2D eigenvalue weighted by molar-refractivity contribution is 7.47. The average Bonchev–Trinajstić information content (AvgIpc) is 3.85. The normalized spacial score (nSPS) is 17.8. The number of rotatable bonds is 36. The Morgan fingerprint density at radius 3 is 1.91 bits per heavy atom. The number of esters is 2. The molecule has 3 unspecified atom stereocenters. The van der Waals surface area contributed by atoms with E-state index < -0.39 is 32.5 Å². The zero-order chi connectivity index (χ0) is 39.0. The van der Waals surface area contributed by atoms with Gasteiger partial charge in [0.05, 0.1) is 40.0 Å². The number of carbonyl (C=O) groups is 2. The quantitative estimate of drug-likeness (QED) is 0.0166. The molecule has 53 heavy (non-hydrogen) atoms. The van der Waals surface area contributed by atoms with Gasteiger partial charge >= 0.3 is 19.8 Å². The van der Waals surface area contributed by atoms with Crippen molar-refractivity contribution in [1.82, 2.24) is 0 Å². The monoisotopic (exact) mass is 771 g/mol. The number of quaternary nitrogens is 1. The first kappa shape index (κ1) is 49.2. The molecule has 0 bridgehead atoms. The number of hydrogen-bond acceptors (Lipinski definition) is 8. The zero-order valence-corrected chi connectivity index (χ0v) is 35.1. The molecule has 0 amide bonds. The molecule has 10 nitrogen and oxygen atoms in total. The summed E-state index contributed by atoms with van der Waals surface area (Å²) in [5.41, 5.74) is 0. The van der Waals surface area contributed by atoms with Gasteiger partial charge in [-0.15, -0.1) is 0 Å². The third-order valence-corrected chi connectivity index (χ3v) is 10.1. The molecular formula is C42H77NO9P+. The summed E-state index contributed by atoms with van der Waals surface area (Å²) in [7, 11) is 1.43. The summed E-state index contributed by atoms with van der Waals surface area (Å²) in [6, 6.07) is 0. The van der Waals surface area contributed by atoms with Gasteiger partial charge in [0, 0.05) is 12.8 Å². The van der Waals surface area contributed by atoms with Crippen molar-refractivity contribution in [3.8, 4) is 0 Å². The van der Waals surface area contributed by atoms with Crippen LogP contribution in [0.2, 0.25) is 0 Å². The van der Waals surface area contributed by atoms with Gasteiger partial charge in [-0.25, -0.2) is 4.57 Å². The molecule has 1 heterocycles. The van der Waals surface area contributed by atoms with Crippen LogP contribution in [0, 0.1) is 0 Å². The Morgan fingerprint density at radius 1 is 0.698 bits per heavy atom. The van der Waals surface area contributed by atoms with Gasteiger partial charge in [-0.2, -0.15) is 0 Å². The molecule has 1 N–H and O–H groups in total. The molecule has 0 radical (unpaired) electrons. The molecule has 0 aromatic heterocycles. The van der Waals surface area contributed by atoms with Crippen molar-refractivity contribution < 1.29 is 46.8 Å². The summed E-state index contributed by atoms with van der Waals surface area (Å²) in [5.74, 6) is -0.876. The number of carbonyl (C=O) groups excluding carboxylic acids is 2. The Morgan fingerprint density at radius 2 is 1.26 bits per heavy atom. The summed E-state index contributed by atoms with van der Waals surface area (Å²) in [5, 5.41) is 0. The molecular weight excluding hydrogens is 693 g/mol. The molecule has 308 valence electrons. The fraction of sp³-hybridized carbons (Fsp3) is 0.810. The number of unbranched alkanes of at least 4 members (excludes halogenated alkanes) is 13. The number of likely N-dealkylation sites (N-methyl/N-ethyl adjacent to an activating group) is 1. The Bertz CT molecular complexity index is 1070. The highest BCUT2D eigenvalue weighted by Crippen LogP contribution is 2.43. The van der Waals surface area contributed by atoms with Crippen molar-refractivity contribution >= 4 is 19.8 Å². The fourth-order valence-corrected chi connectivity index (χ4v) is 6.43. The maximum Gasteiger partial charge on any atom is 0.472 e. The van der Waals surface area contributed by atoms with Crippen LogP contribution in [0.15, 0.2) is 36.5 Å². The van der Waals surface area contributed by atoms with Gasteiger partial charge < -0.3 is 23.6 Å². The first-order valence-corrected chi connectivity index (χ1v) is 22.3. The highest BCUT2D eigenvalue weighted by atomic mass is 31.2. The van der Waals surface area contributed by atoms with Crippen molar-refractivity contribution in [1.29, 1.82) is 0 Å². The lowest BCUT2D eigenvalue weighted by atomic mass is 10.1. The Balaban J connectivity index is 2.35. The number of allylic oxidation sites excluding steroid dienone is 5. The topological polar surface area (TPSA) is 121 Å². The molecule has 11 heteroatoms. The Labute approximate surface area is 323 Å². The summed E-state index contributed by atoms with van der Waals surface area (Å²) < 4.78 is 40.0. The summed E-state index contributed by atoms with van der Waals surface area (Å²) in [6.07, 6.45) is 35.0. The third kappa shape index (κ3) is 32.2. The molecule has 0 spiro atoms. The fourth-order valence-electron chi connectivity index (χ4n) is 5.69. The minimum atomic E-state index is -4.39. The predicted molar refractivity (Wildman–Crippen MR) is 214 cm³/mol. The van der Waals surface area contributed by atoms with Crippen LogP contribution < -0.4 is 0 Å². The Hall–Kier alpha value is -1.81. The highest BCUT2D eigenvalue weighted by Gasteiger charge is 2.36. The molecule has 1 fully saturated rings. The van der Waals surface area contributed by atoms with Crippen LogP contribution in [0.4, 0.5) is 0 Å². The first-order chi connectivity index (χ1) is 25.5. The van der Waals surface area contributed by atoms with Crippen LogP contribution in [0.25, 0.3) is 0 Å². The standard InChI is InChI=1S/C42H76NO9P/c1-6-8-10-12-14-16-18-20-21-23-25-27-30-39-40(52-39)31-29-33-41(44)48-36-38(37-50-53(46,47)49-35-34-43(3,4)5)51-42(45)32-28-26-24-22-19-17-15-13-11-9-7-2/h14,16,20-21,25,27,38-40H,6-13,15,17-19,22-24,26,28-37H2,1-5H3/p+1/b16-14-,21-20-,27-25-/t38-,39?,40?/m1/s1. The lowest BCUT2D eigenvalue weighted by Crippen LogP contribution is -2.37. The lowest BCUT2D eigenvalue weighted by molar-refractivity contribution is -0.870. The van der Waals surface area contributed by atoms with E-state index in [0.29, 0.717) is 23.9 Å². The van der Waals surface area contributed by atoms with Gasteiger partial charge in [-0.05, 0) is 51.4 Å². The van der Waals surface area contributed by atoms with Gasteiger partial charge in [0.2, 0.25) is 0 Å². The summed E-state index contributed by atoms with van der Waals surface area (Å²) >= 11 is 0. The van der Waals surface area contributed by atoms with Gasteiger partial charge in [-0.1, -0.05) is 127 Å². The van der Waals surface area contributed by atoms with E-state index in [0.717, 1.165) is 44.9 Å². The number of ether oxygens (including phenoxy) is 3. The summed E-state index contributed by atoms with van der Waals surface area (Å²) in [4.78, 5) is 35.3. The van der Waals surface area contributed by atoms with Crippen molar-refractivity contribution in [3.63, 3.8) is 0 Å². The molecule has 1 aliphatic rings. The smallest absolute Gasteiger partial charge is 0.462 e. The second kappa shape index (κ2) is 31.4. The largest absolute Gasteiger partial charge is 0.472 e. The molecule has 4 atom stereocenters. The van der Waals surface area contributed by atoms with Crippen molar-refractivity contribution in [2.45, 2.75) is 173 Å². The van der Waals surface area contributed by atoms with Gasteiger partial charge in [0.1, 0.15) is 19.8 Å². The van der Waals surface area contributed by atoms with Crippen LogP contribution in [-0.2, 0) is 37.4 Å². The lowest BCUT2D eigenvalue weighted by Gasteiger charge is -2.24. The second-order valence-corrected chi connectivity index (χ2v) is 16.9. The summed E-state index contributed by atoms with van der Waals surface area (Å²) in [6.45, 7) is 4.29. The maximum absolute atomic E-state index is 12.6. The van der Waals surface area contributed by atoms with Crippen molar-refractivity contribution in [3.05, 3.63) is 36.5 Å². The van der Waals surface area contributed by atoms with Crippen molar-refractivity contribution in [2.75, 3.05) is 47.5 Å². The van der Waals surface area contributed by atoms with Crippen LogP contribution >= 0.6 is 7.82 Å². The van der Waals surface area contributed by atoms with Gasteiger partial charge in [-0.3, -0.25) is 18.6 Å². The van der Waals surface area contributed by atoms with Crippen LogP contribution in [0.5, 0.6) is 0 Å².